The van der Waals surface area contributed by atoms with Gasteiger partial charge in [-0.1, -0.05) is 6.07 Å². The Bertz CT molecular complexity index is 1360. The number of rotatable bonds is 8. The molecule has 0 saturated carbocycles. The van der Waals surface area contributed by atoms with Crippen molar-refractivity contribution in [2.24, 2.45) is 0 Å². The zero-order valence-electron chi connectivity index (χ0n) is 21.1. The van der Waals surface area contributed by atoms with Gasteiger partial charge in [0, 0.05) is 24.9 Å². The van der Waals surface area contributed by atoms with Gasteiger partial charge >= 0.3 is 0 Å². The maximum Gasteiger partial charge on any atom is 0.295 e. The number of aryl methyl sites for hydroxylation is 1. The number of Topliss-reactive ketones (excluding diaryl/α,β-unsaturated/α-hetero) is 1. The number of aliphatic hydroxyl groups excluding tert-OH is 1. The maximum absolute atomic E-state index is 13.4. The number of hydrogen-bond donors (Lipinski definition) is 2. The number of carbonyl (C=O) groups excluding carboxylic acids is 2. The summed E-state index contributed by atoms with van der Waals surface area (Å²) in [5.74, 6) is 0.207. The Labute approximate surface area is 214 Å². The van der Waals surface area contributed by atoms with Crippen LogP contribution in [-0.4, -0.2) is 53.5 Å². The third kappa shape index (κ3) is 4.52. The van der Waals surface area contributed by atoms with Crippen molar-refractivity contribution in [3.63, 3.8) is 0 Å². The van der Waals surface area contributed by atoms with Crippen LogP contribution in [0.5, 0.6) is 17.2 Å². The van der Waals surface area contributed by atoms with E-state index < -0.39 is 17.7 Å². The number of methoxy groups -OCH3 is 2. The minimum Gasteiger partial charge on any atom is -0.507 e. The van der Waals surface area contributed by atoms with Gasteiger partial charge in [-0.3, -0.25) is 14.6 Å². The smallest absolute Gasteiger partial charge is 0.295 e. The van der Waals surface area contributed by atoms with Gasteiger partial charge in [0.2, 0.25) is 6.33 Å². The molecule has 2 atom stereocenters. The zero-order valence-corrected chi connectivity index (χ0v) is 21.1. The van der Waals surface area contributed by atoms with Gasteiger partial charge in [0.25, 0.3) is 11.7 Å². The average Bonchev–Trinajstić information content (AvgIpc) is 3.61. The topological polar surface area (TPSA) is 105 Å². The second-order valence-electron chi connectivity index (χ2n) is 9.26. The van der Waals surface area contributed by atoms with E-state index in [1.807, 2.05) is 36.3 Å². The van der Waals surface area contributed by atoms with Crippen molar-refractivity contribution >= 4 is 17.4 Å². The van der Waals surface area contributed by atoms with Gasteiger partial charge in [-0.15, -0.1) is 0 Å². The normalized spacial score (nSPS) is 20.1. The van der Waals surface area contributed by atoms with Crippen molar-refractivity contribution < 1.29 is 33.5 Å². The number of fused-ring (bicyclic) bond motifs is 1. The lowest BCUT2D eigenvalue weighted by Gasteiger charge is -2.25. The van der Waals surface area contributed by atoms with Gasteiger partial charge in [-0.25, -0.2) is 4.57 Å². The van der Waals surface area contributed by atoms with Crippen LogP contribution in [0.25, 0.3) is 5.76 Å². The number of likely N-dealkylation sites (tertiary alicyclic amines) is 1. The molecule has 5 rings (SSSR count). The van der Waals surface area contributed by atoms with Crippen molar-refractivity contribution in [3.05, 3.63) is 77.4 Å². The monoisotopic (exact) mass is 504 g/mol. The Balaban J connectivity index is 1.56. The molecule has 2 aliphatic heterocycles. The third-order valence-electron chi connectivity index (χ3n) is 6.85. The molecule has 37 heavy (non-hydrogen) atoms. The van der Waals surface area contributed by atoms with Crippen molar-refractivity contribution in [1.29, 1.82) is 0 Å². The number of aromatic amines is 1. The summed E-state index contributed by atoms with van der Waals surface area (Å²) in [6.07, 6.45) is 6.92. The molecule has 0 bridgehead atoms. The predicted octanol–water partition coefficient (Wildman–Crippen LogP) is 3.15. The summed E-state index contributed by atoms with van der Waals surface area (Å²) >= 11 is 0. The number of hydrogen-bond acceptors (Lipinski definition) is 6. The molecule has 0 spiro atoms. The van der Waals surface area contributed by atoms with Gasteiger partial charge in [-0.05, 0) is 48.4 Å². The first-order valence-electron chi connectivity index (χ1n) is 12.2. The van der Waals surface area contributed by atoms with Crippen LogP contribution >= 0.6 is 0 Å². The highest BCUT2D eigenvalue weighted by atomic mass is 16.5. The highest BCUT2D eigenvalue weighted by Gasteiger charge is 2.46. The van der Waals surface area contributed by atoms with Crippen LogP contribution in [0.2, 0.25) is 0 Å². The lowest BCUT2D eigenvalue weighted by Crippen LogP contribution is -2.36. The molecule has 2 aliphatic rings. The van der Waals surface area contributed by atoms with Crippen LogP contribution in [0.3, 0.4) is 0 Å². The molecule has 3 aromatic rings. The number of nitrogens with zero attached hydrogens (tertiary/aromatic N) is 2. The van der Waals surface area contributed by atoms with Gasteiger partial charge in [0.15, 0.2) is 11.5 Å². The molecule has 2 N–H and O–H groups in total. The van der Waals surface area contributed by atoms with Crippen LogP contribution in [0.1, 0.15) is 36.1 Å². The summed E-state index contributed by atoms with van der Waals surface area (Å²) < 4.78 is 18.6. The van der Waals surface area contributed by atoms with E-state index in [1.165, 1.54) is 12.0 Å². The van der Waals surface area contributed by atoms with E-state index in [0.717, 1.165) is 11.3 Å². The van der Waals surface area contributed by atoms with Crippen molar-refractivity contribution in [2.75, 3.05) is 20.8 Å². The van der Waals surface area contributed by atoms with Crippen LogP contribution in [0.4, 0.5) is 0 Å². The first-order chi connectivity index (χ1) is 17.9. The third-order valence-corrected chi connectivity index (χ3v) is 6.85. The number of ketones is 1. The number of carbonyl (C=O) groups is 2. The van der Waals surface area contributed by atoms with Gasteiger partial charge in [-0.2, -0.15) is 0 Å². The SMILES string of the molecule is COc1ccc(C2C(=C(O)c3ccc4c(c3)CC(C)O4)C(=O)C(=O)N2CCC[n+]2cc[nH]c2)cc1OC. The Morgan fingerprint density at radius 1 is 1.16 bits per heavy atom. The van der Waals surface area contributed by atoms with E-state index >= 15 is 0 Å². The minimum absolute atomic E-state index is 0.0441. The Kier molecular flexibility index (Phi) is 6.60. The molecular weight excluding hydrogens is 474 g/mol. The predicted molar refractivity (Wildman–Crippen MR) is 134 cm³/mol. The summed E-state index contributed by atoms with van der Waals surface area (Å²) in [4.78, 5) is 31.2. The molecule has 3 heterocycles. The van der Waals surface area contributed by atoms with Crippen molar-refractivity contribution in [2.45, 2.75) is 38.5 Å². The second-order valence-corrected chi connectivity index (χ2v) is 9.26. The van der Waals surface area contributed by atoms with Gasteiger partial charge in [0.1, 0.15) is 30.0 Å². The van der Waals surface area contributed by atoms with Crippen LogP contribution < -0.4 is 18.8 Å². The second kappa shape index (κ2) is 10.0. The number of ether oxygens (including phenoxy) is 3. The number of amides is 1. The van der Waals surface area contributed by atoms with E-state index in [-0.39, 0.29) is 17.4 Å². The highest BCUT2D eigenvalue weighted by Crippen LogP contribution is 2.42. The summed E-state index contributed by atoms with van der Waals surface area (Å²) in [5, 5.41) is 11.4. The molecule has 9 heteroatoms. The fourth-order valence-electron chi connectivity index (χ4n) is 5.09. The Morgan fingerprint density at radius 3 is 2.70 bits per heavy atom. The van der Waals surface area contributed by atoms with E-state index in [9.17, 15) is 14.7 Å². The molecule has 1 saturated heterocycles. The molecule has 192 valence electrons. The lowest BCUT2D eigenvalue weighted by atomic mass is 9.94. The first kappa shape index (κ1) is 24.4. The van der Waals surface area contributed by atoms with Gasteiger partial charge in [0.05, 0.1) is 32.4 Å². The molecule has 1 fully saturated rings. The number of benzene rings is 2. The molecule has 0 aliphatic carbocycles. The highest BCUT2D eigenvalue weighted by molar-refractivity contribution is 6.46. The lowest BCUT2D eigenvalue weighted by molar-refractivity contribution is -0.695. The molecule has 2 unspecified atom stereocenters. The number of nitrogens with one attached hydrogen (secondary N) is 1. The Morgan fingerprint density at radius 2 is 1.97 bits per heavy atom. The summed E-state index contributed by atoms with van der Waals surface area (Å²) in [6, 6.07) is 9.83. The quantitative estimate of drug-likeness (QED) is 0.211. The molecule has 2 aromatic carbocycles. The van der Waals surface area contributed by atoms with Crippen molar-refractivity contribution in [3.8, 4) is 17.2 Å². The van der Waals surface area contributed by atoms with Gasteiger partial charge < -0.3 is 24.2 Å². The minimum atomic E-state index is -0.778. The Hall–Kier alpha value is -4.27. The number of aliphatic hydroxyl groups is 1. The van der Waals surface area contributed by atoms with E-state index in [4.69, 9.17) is 14.2 Å². The van der Waals surface area contributed by atoms with Crippen LogP contribution in [0.15, 0.2) is 60.7 Å². The van der Waals surface area contributed by atoms with E-state index in [2.05, 4.69) is 4.98 Å². The fraction of sp³-hybridized carbons (Fsp3) is 0.321. The zero-order chi connectivity index (χ0) is 26.1. The fourth-order valence-corrected chi connectivity index (χ4v) is 5.09. The molecular formula is C28H30N3O6+. The number of H-pyrrole nitrogens is 1. The molecule has 0 radical (unpaired) electrons. The number of aromatic nitrogens is 2. The van der Waals surface area contributed by atoms with E-state index in [0.29, 0.717) is 48.6 Å². The maximum atomic E-state index is 13.4. The van der Waals surface area contributed by atoms with Crippen LogP contribution in [-0.2, 0) is 22.6 Å². The average molecular weight is 505 g/mol. The molecule has 1 amide bonds. The molecule has 9 nitrogen and oxygen atoms in total. The summed E-state index contributed by atoms with van der Waals surface area (Å²) in [6.45, 7) is 2.97. The van der Waals surface area contributed by atoms with Crippen molar-refractivity contribution in [1.82, 2.24) is 9.88 Å². The largest absolute Gasteiger partial charge is 0.507 e. The summed E-state index contributed by atoms with van der Waals surface area (Å²) in [7, 11) is 3.07. The van der Waals surface area contributed by atoms with Crippen LogP contribution in [0, 0.1) is 0 Å². The van der Waals surface area contributed by atoms with E-state index in [1.54, 1.807) is 37.4 Å². The molecule has 1 aromatic heterocycles. The first-order valence-corrected chi connectivity index (χ1v) is 12.2. The summed E-state index contributed by atoms with van der Waals surface area (Å²) in [5.41, 5.74) is 2.13. The standard InChI is InChI=1S/C28H29N3O6/c1-17-13-20-14-19(6-7-21(20)37-17)26(32)24-25(18-5-8-22(35-2)23(15-18)36-3)31(28(34)27(24)33)11-4-10-30-12-9-29-16-30/h5-9,12,14-17,25H,4,10-11,13H2,1-3H3,(H,32,33)/p+1. The number of imidazole rings is 1.